The Morgan fingerprint density at radius 3 is 2.17 bits per heavy atom. The van der Waals surface area contributed by atoms with Crippen LogP contribution in [0.4, 0.5) is 0 Å². The molecule has 6 heteroatoms. The third-order valence-electron chi connectivity index (χ3n) is 13.3. The highest BCUT2D eigenvalue weighted by Gasteiger charge is 2.71. The smallest absolute Gasteiger partial charge is 0.0682 e. The Morgan fingerprint density at radius 2 is 1.58 bits per heavy atom. The van der Waals surface area contributed by atoms with Crippen molar-refractivity contribution in [3.05, 3.63) is 11.6 Å². The van der Waals surface area contributed by atoms with Gasteiger partial charge in [0, 0.05) is 17.3 Å². The van der Waals surface area contributed by atoms with Crippen molar-refractivity contribution in [2.45, 2.75) is 105 Å². The number of hydrogen-bond donors (Lipinski definition) is 2. The predicted molar refractivity (Wildman–Crippen MR) is 131 cm³/mol. The lowest BCUT2D eigenvalue weighted by atomic mass is 9.35. The number of aliphatic hydroxyl groups excluding tert-OH is 2. The van der Waals surface area contributed by atoms with Gasteiger partial charge in [-0.1, -0.05) is 53.2 Å². The molecule has 0 amide bonds. The number of carbonyl (C=O) groups excluding carboxylic acids is 2. The van der Waals surface area contributed by atoms with Crippen LogP contribution >= 0.6 is 0 Å². The molecule has 0 unspecified atom stereocenters. The van der Waals surface area contributed by atoms with Crippen molar-refractivity contribution >= 4 is 11.9 Å². The van der Waals surface area contributed by atoms with Crippen molar-refractivity contribution in [1.29, 1.82) is 0 Å². The van der Waals surface area contributed by atoms with Crippen LogP contribution in [-0.4, -0.2) is 34.4 Å². The van der Waals surface area contributed by atoms with Gasteiger partial charge in [-0.25, -0.2) is 0 Å². The van der Waals surface area contributed by atoms with E-state index in [0.717, 1.165) is 24.8 Å². The predicted octanol–water partition coefficient (Wildman–Crippen LogP) is 2.46. The Bertz CT molecular complexity index is 1000. The van der Waals surface area contributed by atoms with E-state index in [2.05, 4.69) is 40.7 Å². The largest absolute Gasteiger partial charge is 0.549 e. The standard InChI is InChI=1S/C30H46O6/c1-16(2)17-7-9-20-26(17,3)13-14-27(4)18-8-10-21-29(6,24(33)34)22(31)15-23(32)30(21,25(35)36)19(18)11-12-28(20,27)5/h8,16-17,19-23,31-32H,7,9-15H2,1-6H3,(H,33,34)(H,35,36)/p-2/t17-,19+,20-,21+,22+,23-,26-,27-,28+,29+,30+/m1/s1. The summed E-state index contributed by atoms with van der Waals surface area (Å²) in [6.45, 7) is 13.3. The van der Waals surface area contributed by atoms with Gasteiger partial charge in [-0.05, 0) is 90.8 Å². The minimum absolute atomic E-state index is 0.00270. The molecule has 5 aliphatic rings. The second-order valence-corrected chi connectivity index (χ2v) is 14.3. The van der Waals surface area contributed by atoms with E-state index in [4.69, 9.17) is 0 Å². The van der Waals surface area contributed by atoms with Gasteiger partial charge in [0.15, 0.2) is 0 Å². The Hall–Kier alpha value is -1.40. The average Bonchev–Trinajstić information content (AvgIpc) is 3.16. The van der Waals surface area contributed by atoms with Crippen molar-refractivity contribution in [3.63, 3.8) is 0 Å². The van der Waals surface area contributed by atoms with Crippen LogP contribution in [0, 0.1) is 56.7 Å². The number of carbonyl (C=O) groups is 2. The third kappa shape index (κ3) is 2.76. The number of carboxylic acids is 2. The van der Waals surface area contributed by atoms with Crippen molar-refractivity contribution in [2.75, 3.05) is 0 Å². The SMILES string of the molecule is CC(C)[C@H]1CC[C@@H]2[C@]1(C)CC[C@]1(C)C3=CC[C@H]4[C@](C)(C(=O)[O-])[C@@H](O)C[C@@H](O)[C@]4(C(=O)[O-])[C@H]3CC[C@@]21C. The zero-order valence-corrected chi connectivity index (χ0v) is 22.8. The fraction of sp³-hybridized carbons (Fsp3) is 0.867. The van der Waals surface area contributed by atoms with Gasteiger partial charge in [0.25, 0.3) is 0 Å². The summed E-state index contributed by atoms with van der Waals surface area (Å²) in [6, 6.07) is 0. The molecule has 0 saturated heterocycles. The van der Waals surface area contributed by atoms with Gasteiger partial charge in [-0.2, -0.15) is 0 Å². The number of rotatable bonds is 3. The first-order chi connectivity index (χ1) is 16.6. The minimum Gasteiger partial charge on any atom is -0.549 e. The summed E-state index contributed by atoms with van der Waals surface area (Å²) in [6.07, 6.45) is 5.13. The summed E-state index contributed by atoms with van der Waals surface area (Å²) < 4.78 is 0. The second-order valence-electron chi connectivity index (χ2n) is 14.3. The van der Waals surface area contributed by atoms with Crippen molar-refractivity contribution in [3.8, 4) is 0 Å². The lowest BCUT2D eigenvalue weighted by Crippen LogP contribution is -2.73. The highest BCUT2D eigenvalue weighted by Crippen LogP contribution is 2.76. The summed E-state index contributed by atoms with van der Waals surface area (Å²) in [5.74, 6) is -2.49. The van der Waals surface area contributed by atoms with Gasteiger partial charge >= 0.3 is 0 Å². The topological polar surface area (TPSA) is 121 Å². The van der Waals surface area contributed by atoms with E-state index in [1.807, 2.05) is 0 Å². The van der Waals surface area contributed by atoms with Gasteiger partial charge in [-0.15, -0.1) is 0 Å². The number of aliphatic carboxylic acids is 2. The van der Waals surface area contributed by atoms with Crippen LogP contribution in [0.2, 0.25) is 0 Å². The van der Waals surface area contributed by atoms with Gasteiger partial charge in [0.1, 0.15) is 0 Å². The molecule has 11 atom stereocenters. The average molecular weight is 501 g/mol. The molecule has 2 N–H and O–H groups in total. The normalized spacial score (nSPS) is 54.1. The molecule has 5 rings (SSSR count). The molecule has 4 fully saturated rings. The molecule has 5 aliphatic carbocycles. The van der Waals surface area contributed by atoms with E-state index in [0.29, 0.717) is 24.2 Å². The lowest BCUT2D eigenvalue weighted by Gasteiger charge is -2.70. The molecule has 0 radical (unpaired) electrons. The monoisotopic (exact) mass is 500 g/mol. The maximum absolute atomic E-state index is 13.1. The van der Waals surface area contributed by atoms with Crippen LogP contribution in [0.25, 0.3) is 0 Å². The molecule has 6 nitrogen and oxygen atoms in total. The molecule has 0 aromatic carbocycles. The first kappa shape index (κ1) is 26.2. The summed E-state index contributed by atoms with van der Waals surface area (Å²) in [5, 5.41) is 47.6. The van der Waals surface area contributed by atoms with Gasteiger partial charge in [0.05, 0.1) is 24.1 Å². The third-order valence-corrected chi connectivity index (χ3v) is 13.3. The number of allylic oxidation sites excluding steroid dienone is 2. The second kappa shape index (κ2) is 7.81. The lowest BCUT2D eigenvalue weighted by molar-refractivity contribution is -0.354. The molecule has 4 saturated carbocycles. The number of aliphatic hydroxyl groups is 2. The molecule has 36 heavy (non-hydrogen) atoms. The van der Waals surface area contributed by atoms with Crippen LogP contribution < -0.4 is 10.2 Å². The van der Waals surface area contributed by atoms with Crippen LogP contribution in [0.15, 0.2) is 11.6 Å². The van der Waals surface area contributed by atoms with E-state index >= 15 is 0 Å². The molecule has 0 aromatic heterocycles. The molecule has 0 spiro atoms. The van der Waals surface area contributed by atoms with Crippen LogP contribution in [-0.2, 0) is 9.59 Å². The van der Waals surface area contributed by atoms with Crippen molar-refractivity contribution in [2.24, 2.45) is 56.7 Å². The van der Waals surface area contributed by atoms with Gasteiger partial charge < -0.3 is 30.0 Å². The van der Waals surface area contributed by atoms with Crippen LogP contribution in [0.3, 0.4) is 0 Å². The van der Waals surface area contributed by atoms with Gasteiger partial charge in [0.2, 0.25) is 0 Å². The fourth-order valence-electron chi connectivity index (χ4n) is 11.2. The minimum atomic E-state index is -1.77. The Morgan fingerprint density at radius 1 is 0.917 bits per heavy atom. The molecular formula is C30H44O6-2. The number of hydrogen-bond acceptors (Lipinski definition) is 6. The highest BCUT2D eigenvalue weighted by atomic mass is 16.4. The number of carboxylic acid groups (broad SMARTS) is 2. The maximum Gasteiger partial charge on any atom is 0.0682 e. The highest BCUT2D eigenvalue weighted by molar-refractivity contribution is 5.81. The summed E-state index contributed by atoms with van der Waals surface area (Å²) >= 11 is 0. The molecule has 202 valence electrons. The van der Waals surface area contributed by atoms with E-state index in [1.165, 1.54) is 19.8 Å². The first-order valence-corrected chi connectivity index (χ1v) is 14.1. The van der Waals surface area contributed by atoms with E-state index < -0.39 is 46.8 Å². The molecule has 0 aromatic rings. The summed E-state index contributed by atoms with van der Waals surface area (Å²) in [4.78, 5) is 25.5. The fourth-order valence-corrected chi connectivity index (χ4v) is 11.2. The Kier molecular flexibility index (Phi) is 5.69. The van der Waals surface area contributed by atoms with E-state index in [1.54, 1.807) is 0 Å². The van der Waals surface area contributed by atoms with Crippen LogP contribution in [0.1, 0.15) is 92.9 Å². The molecule has 0 heterocycles. The molecule has 0 aliphatic heterocycles. The summed E-state index contributed by atoms with van der Waals surface area (Å²) in [7, 11) is 0. The zero-order chi connectivity index (χ0) is 26.6. The van der Waals surface area contributed by atoms with E-state index in [-0.39, 0.29) is 29.1 Å². The quantitative estimate of drug-likeness (QED) is 0.574. The molecular weight excluding hydrogens is 456 g/mol. The Labute approximate surface area is 215 Å². The van der Waals surface area contributed by atoms with Crippen molar-refractivity contribution < 1.29 is 30.0 Å². The van der Waals surface area contributed by atoms with Gasteiger partial charge in [-0.3, -0.25) is 0 Å². The zero-order valence-electron chi connectivity index (χ0n) is 22.8. The maximum atomic E-state index is 13.1. The first-order valence-electron chi connectivity index (χ1n) is 14.1. The Balaban J connectivity index is 1.64. The van der Waals surface area contributed by atoms with E-state index in [9.17, 15) is 30.0 Å². The van der Waals surface area contributed by atoms with Crippen molar-refractivity contribution in [1.82, 2.24) is 0 Å². The van der Waals surface area contributed by atoms with Crippen LogP contribution in [0.5, 0.6) is 0 Å². The molecule has 0 bridgehead atoms. The summed E-state index contributed by atoms with van der Waals surface area (Å²) in [5.41, 5.74) is -2.40. The number of fused-ring (bicyclic) bond motifs is 7.